The molecular formula is C31H32ClF4N. The van der Waals surface area contributed by atoms with Crippen LogP contribution in [0.25, 0.3) is 5.57 Å². The third kappa shape index (κ3) is 10.2. The predicted octanol–water partition coefficient (Wildman–Crippen LogP) is 10.5. The predicted molar refractivity (Wildman–Crippen MR) is 151 cm³/mol. The first-order valence-electron chi connectivity index (χ1n) is 11.6. The van der Waals surface area contributed by atoms with Crippen molar-refractivity contribution in [1.29, 1.82) is 0 Å². The largest absolute Gasteiger partial charge is 0.433 e. The second-order valence-electron chi connectivity index (χ2n) is 7.90. The lowest BCUT2D eigenvalue weighted by Crippen LogP contribution is -2.19. The van der Waals surface area contributed by atoms with Gasteiger partial charge in [-0.05, 0) is 78.3 Å². The van der Waals surface area contributed by atoms with Crippen molar-refractivity contribution in [1.82, 2.24) is 0 Å². The summed E-state index contributed by atoms with van der Waals surface area (Å²) in [5, 5.41) is 0.291. The molecule has 0 radical (unpaired) electrons. The van der Waals surface area contributed by atoms with Gasteiger partial charge in [-0.15, -0.1) is 0 Å². The second kappa shape index (κ2) is 15.6. The van der Waals surface area contributed by atoms with Gasteiger partial charge in [0, 0.05) is 11.8 Å². The zero-order valence-corrected chi connectivity index (χ0v) is 21.8. The summed E-state index contributed by atoms with van der Waals surface area (Å²) in [6, 6.07) is 4.55. The smallest absolute Gasteiger partial charge is 0.252 e. The highest BCUT2D eigenvalue weighted by molar-refractivity contribution is 6.32. The number of alkyl halides is 3. The minimum Gasteiger partial charge on any atom is -0.252 e. The monoisotopic (exact) mass is 529 g/mol. The maximum absolute atomic E-state index is 14.8. The summed E-state index contributed by atoms with van der Waals surface area (Å²) in [6.07, 6.45) is 9.94. The van der Waals surface area contributed by atoms with Crippen LogP contribution in [0.3, 0.4) is 0 Å². The average Bonchev–Trinajstić information content (AvgIpc) is 2.84. The number of rotatable bonds is 14. The molecule has 0 aromatic heterocycles. The Hall–Kier alpha value is -3.44. The molecule has 1 aromatic rings. The van der Waals surface area contributed by atoms with Crippen molar-refractivity contribution in [3.05, 3.63) is 139 Å². The van der Waals surface area contributed by atoms with E-state index < -0.39 is 17.7 Å². The van der Waals surface area contributed by atoms with E-state index in [9.17, 15) is 17.6 Å². The fourth-order valence-corrected chi connectivity index (χ4v) is 3.64. The van der Waals surface area contributed by atoms with E-state index >= 15 is 0 Å². The first-order chi connectivity index (χ1) is 17.5. The van der Waals surface area contributed by atoms with Gasteiger partial charge in [-0.1, -0.05) is 87.4 Å². The molecule has 0 atom stereocenters. The topological polar surface area (TPSA) is 12.4 Å². The summed E-state index contributed by atoms with van der Waals surface area (Å²) in [6.45, 7) is 20.6. The van der Waals surface area contributed by atoms with Gasteiger partial charge in [0.15, 0.2) is 0 Å². The van der Waals surface area contributed by atoms with Crippen LogP contribution in [0.2, 0.25) is 5.02 Å². The Morgan fingerprint density at radius 2 is 1.76 bits per heavy atom. The summed E-state index contributed by atoms with van der Waals surface area (Å²) in [5.41, 5.74) is 2.88. The summed E-state index contributed by atoms with van der Waals surface area (Å²) in [7, 11) is 0. The molecule has 0 unspecified atom stereocenters. The molecule has 1 aromatic carbocycles. The Morgan fingerprint density at radius 3 is 2.30 bits per heavy atom. The molecule has 0 aliphatic rings. The second-order valence-corrected chi connectivity index (χ2v) is 8.31. The number of allylic oxidation sites excluding steroid dienone is 12. The first-order valence-corrected chi connectivity index (χ1v) is 12.0. The van der Waals surface area contributed by atoms with Crippen LogP contribution in [0.4, 0.5) is 17.6 Å². The molecule has 0 aliphatic carbocycles. The molecule has 0 saturated heterocycles. The Labute approximate surface area is 222 Å². The van der Waals surface area contributed by atoms with E-state index in [0.717, 1.165) is 17.3 Å². The molecule has 0 amide bonds. The highest BCUT2D eigenvalue weighted by atomic mass is 35.5. The molecular weight excluding hydrogens is 498 g/mol. The standard InChI is InChI=1S/C31H32ClF4N/c1-7-22(5)21-26(30-27(32)17-14-18-28(30)33)25(9-3)24(8-2)16-13-11-12-15-23(6)19-20-37-29(10-4)31(34,35)36/h7-8,10-11,13-14,17-21H,1-2,4-6,9,12,15-16H2,3H3/b13-11+,20-19-,25-24+,26-21+,37-29?. The number of aliphatic imine (C=N–C) groups is 1. The number of hydrogen-bond acceptors (Lipinski definition) is 1. The van der Waals surface area contributed by atoms with Crippen LogP contribution >= 0.6 is 11.6 Å². The van der Waals surface area contributed by atoms with Gasteiger partial charge in [-0.3, -0.25) is 4.99 Å². The molecule has 0 saturated carbocycles. The average molecular weight is 530 g/mol. The van der Waals surface area contributed by atoms with Gasteiger partial charge in [0.1, 0.15) is 11.5 Å². The zero-order valence-electron chi connectivity index (χ0n) is 21.1. The molecule has 1 nitrogen and oxygen atoms in total. The molecule has 0 fully saturated rings. The quantitative estimate of drug-likeness (QED) is 0.0983. The fraction of sp³-hybridized carbons (Fsp3) is 0.194. The van der Waals surface area contributed by atoms with Crippen molar-refractivity contribution in [2.24, 2.45) is 4.99 Å². The summed E-state index contributed by atoms with van der Waals surface area (Å²) >= 11 is 6.38. The van der Waals surface area contributed by atoms with Gasteiger partial charge in [0.2, 0.25) is 0 Å². The third-order valence-corrected chi connectivity index (χ3v) is 5.60. The number of halogens is 5. The van der Waals surface area contributed by atoms with Crippen LogP contribution in [0.1, 0.15) is 38.2 Å². The van der Waals surface area contributed by atoms with E-state index in [0.29, 0.717) is 59.1 Å². The Morgan fingerprint density at radius 1 is 1.05 bits per heavy atom. The van der Waals surface area contributed by atoms with Crippen molar-refractivity contribution in [2.75, 3.05) is 0 Å². The van der Waals surface area contributed by atoms with Crippen molar-refractivity contribution in [3.8, 4) is 0 Å². The molecule has 0 heterocycles. The van der Waals surface area contributed by atoms with Gasteiger partial charge >= 0.3 is 6.18 Å². The van der Waals surface area contributed by atoms with E-state index in [-0.39, 0.29) is 0 Å². The van der Waals surface area contributed by atoms with E-state index in [1.165, 1.54) is 12.1 Å². The van der Waals surface area contributed by atoms with Gasteiger partial charge < -0.3 is 0 Å². The van der Waals surface area contributed by atoms with Crippen molar-refractivity contribution < 1.29 is 17.6 Å². The highest BCUT2D eigenvalue weighted by Gasteiger charge is 2.32. The lowest BCUT2D eigenvalue weighted by Gasteiger charge is -2.17. The minimum absolute atomic E-state index is 0.291. The highest BCUT2D eigenvalue weighted by Crippen LogP contribution is 2.36. The van der Waals surface area contributed by atoms with Gasteiger partial charge in [-0.25, -0.2) is 4.39 Å². The summed E-state index contributed by atoms with van der Waals surface area (Å²) in [5.74, 6) is -0.438. The van der Waals surface area contributed by atoms with Crippen LogP contribution in [0, 0.1) is 5.82 Å². The van der Waals surface area contributed by atoms with E-state index in [1.54, 1.807) is 30.4 Å². The summed E-state index contributed by atoms with van der Waals surface area (Å²) < 4.78 is 52.8. The number of benzene rings is 1. The van der Waals surface area contributed by atoms with Crippen LogP contribution in [-0.4, -0.2) is 11.9 Å². The van der Waals surface area contributed by atoms with Crippen LogP contribution in [0.5, 0.6) is 0 Å². The van der Waals surface area contributed by atoms with Gasteiger partial charge in [-0.2, -0.15) is 13.2 Å². The molecule has 37 heavy (non-hydrogen) atoms. The van der Waals surface area contributed by atoms with Crippen LogP contribution < -0.4 is 0 Å². The van der Waals surface area contributed by atoms with Crippen LogP contribution in [0.15, 0.2) is 127 Å². The third-order valence-electron chi connectivity index (χ3n) is 5.28. The molecule has 0 bridgehead atoms. The molecule has 196 valence electrons. The maximum Gasteiger partial charge on any atom is 0.433 e. The number of hydrogen-bond donors (Lipinski definition) is 0. The molecule has 0 spiro atoms. The Kier molecular flexibility index (Phi) is 13.3. The first kappa shape index (κ1) is 31.6. The molecule has 0 N–H and O–H groups in total. The molecule has 1 rings (SSSR count). The van der Waals surface area contributed by atoms with Gasteiger partial charge in [0.05, 0.1) is 5.02 Å². The molecule has 0 aliphatic heterocycles. The lowest BCUT2D eigenvalue weighted by molar-refractivity contribution is -0.0576. The van der Waals surface area contributed by atoms with Crippen molar-refractivity contribution >= 4 is 22.9 Å². The number of nitrogens with zero attached hydrogens (tertiary/aromatic N) is 1. The van der Waals surface area contributed by atoms with E-state index in [1.807, 2.05) is 19.1 Å². The SMILES string of the molecule is C=CC(=C)/C=C(\C(CC)=C(/C=C)C/C=C/CCC(=C)/C=C\N=C(C=C)C(F)(F)F)c1c(F)cccc1Cl. The fourth-order valence-electron chi connectivity index (χ4n) is 3.37. The maximum atomic E-state index is 14.8. The zero-order chi connectivity index (χ0) is 28.0. The van der Waals surface area contributed by atoms with E-state index in [4.69, 9.17) is 11.6 Å². The van der Waals surface area contributed by atoms with Crippen LogP contribution in [-0.2, 0) is 0 Å². The minimum atomic E-state index is -4.55. The van der Waals surface area contributed by atoms with Crippen molar-refractivity contribution in [2.45, 2.75) is 38.8 Å². The Bertz CT molecular complexity index is 1150. The van der Waals surface area contributed by atoms with Gasteiger partial charge in [0.25, 0.3) is 0 Å². The molecule has 6 heteroatoms. The van der Waals surface area contributed by atoms with E-state index in [2.05, 4.69) is 37.9 Å². The Balaban J connectivity index is 3.08. The normalized spacial score (nSPS) is 13.6. The lowest BCUT2D eigenvalue weighted by atomic mass is 9.89. The summed E-state index contributed by atoms with van der Waals surface area (Å²) in [4.78, 5) is 3.38. The van der Waals surface area contributed by atoms with Crippen molar-refractivity contribution in [3.63, 3.8) is 0 Å².